The largest absolute Gasteiger partial charge is 0.306 e. The number of hydrogen-bond donors (Lipinski definition) is 0. The van der Waals surface area contributed by atoms with Gasteiger partial charge in [-0.15, -0.1) is 0 Å². The third-order valence-electron chi connectivity index (χ3n) is 3.58. The van der Waals surface area contributed by atoms with Crippen LogP contribution in [0.25, 0.3) is 0 Å². The molecule has 1 nitrogen and oxygen atoms in total. The van der Waals surface area contributed by atoms with Crippen molar-refractivity contribution < 1.29 is 0 Å². The molecule has 0 amide bonds. The van der Waals surface area contributed by atoms with Crippen LogP contribution in [0.5, 0.6) is 0 Å². The van der Waals surface area contributed by atoms with Crippen molar-refractivity contribution in [2.75, 3.05) is 20.1 Å². The average Bonchev–Trinajstić information content (AvgIpc) is 2.65. The maximum atomic E-state index is 2.50. The van der Waals surface area contributed by atoms with Gasteiger partial charge < -0.3 is 4.90 Å². The normalized spacial score (nSPS) is 39.2. The second-order valence-electron chi connectivity index (χ2n) is 4.84. The molecule has 1 saturated carbocycles. The minimum Gasteiger partial charge on any atom is -0.306 e. The molecule has 0 bridgehead atoms. The lowest BCUT2D eigenvalue weighted by molar-refractivity contribution is 0.281. The Morgan fingerprint density at radius 2 is 1.92 bits per heavy atom. The zero-order chi connectivity index (χ0) is 9.90. The molecule has 1 aliphatic heterocycles. The Hall–Kier alpha value is -0.0400. The SMILES string of the molecule is CC.CC1CCC2(CCN(C)C2)C1. The zero-order valence-corrected chi connectivity index (χ0v) is 9.77. The van der Waals surface area contributed by atoms with Gasteiger partial charge in [-0.2, -0.15) is 0 Å². The van der Waals surface area contributed by atoms with E-state index in [9.17, 15) is 0 Å². The number of nitrogens with zero attached hydrogens (tertiary/aromatic N) is 1. The van der Waals surface area contributed by atoms with Gasteiger partial charge in [0.2, 0.25) is 0 Å². The van der Waals surface area contributed by atoms with Crippen LogP contribution in [0.2, 0.25) is 0 Å². The molecule has 0 aromatic rings. The minimum absolute atomic E-state index is 0.758. The van der Waals surface area contributed by atoms with Gasteiger partial charge in [0.25, 0.3) is 0 Å². The summed E-state index contributed by atoms with van der Waals surface area (Å²) in [6.07, 6.45) is 5.94. The maximum absolute atomic E-state index is 2.50. The Labute approximate surface area is 83.5 Å². The number of rotatable bonds is 0. The zero-order valence-electron chi connectivity index (χ0n) is 9.77. The fourth-order valence-corrected chi connectivity index (χ4v) is 3.03. The molecule has 2 aliphatic rings. The van der Waals surface area contributed by atoms with Gasteiger partial charge in [0.05, 0.1) is 0 Å². The molecule has 13 heavy (non-hydrogen) atoms. The lowest BCUT2D eigenvalue weighted by Gasteiger charge is -2.22. The molecule has 78 valence electrons. The molecule has 0 aromatic carbocycles. The van der Waals surface area contributed by atoms with E-state index in [1.165, 1.54) is 38.8 Å². The highest BCUT2D eigenvalue weighted by molar-refractivity contribution is 4.94. The van der Waals surface area contributed by atoms with Crippen LogP contribution >= 0.6 is 0 Å². The molecule has 2 atom stereocenters. The van der Waals surface area contributed by atoms with Crippen molar-refractivity contribution in [2.45, 2.75) is 46.5 Å². The van der Waals surface area contributed by atoms with Crippen molar-refractivity contribution in [3.05, 3.63) is 0 Å². The van der Waals surface area contributed by atoms with E-state index in [1.807, 2.05) is 13.8 Å². The minimum atomic E-state index is 0.758. The molecule has 0 N–H and O–H groups in total. The van der Waals surface area contributed by atoms with Crippen LogP contribution in [-0.4, -0.2) is 25.0 Å². The van der Waals surface area contributed by atoms with E-state index < -0.39 is 0 Å². The first-order valence-corrected chi connectivity index (χ1v) is 5.89. The van der Waals surface area contributed by atoms with Crippen LogP contribution in [-0.2, 0) is 0 Å². The standard InChI is InChI=1S/C10H19N.C2H6/c1-9-3-4-10(7-9)5-6-11(2)8-10;1-2/h9H,3-8H2,1-2H3;1-2H3. The van der Waals surface area contributed by atoms with E-state index in [-0.39, 0.29) is 0 Å². The second kappa shape index (κ2) is 4.45. The Morgan fingerprint density at radius 1 is 1.23 bits per heavy atom. The first-order chi connectivity index (χ1) is 6.20. The summed E-state index contributed by atoms with van der Waals surface area (Å²) < 4.78 is 0. The summed E-state index contributed by atoms with van der Waals surface area (Å²) in [4.78, 5) is 2.50. The third kappa shape index (κ3) is 2.46. The highest BCUT2D eigenvalue weighted by Crippen LogP contribution is 2.47. The Bertz CT molecular complexity index is 135. The Kier molecular flexibility index (Phi) is 3.78. The molecular formula is C12H25N. The van der Waals surface area contributed by atoms with E-state index in [1.54, 1.807) is 0 Å². The molecule has 1 spiro atoms. The molecule has 2 fully saturated rings. The van der Waals surface area contributed by atoms with Crippen LogP contribution in [0, 0.1) is 11.3 Å². The average molecular weight is 183 g/mol. The van der Waals surface area contributed by atoms with Gasteiger partial charge in [0.1, 0.15) is 0 Å². The molecule has 1 aliphatic carbocycles. The van der Waals surface area contributed by atoms with E-state index in [4.69, 9.17) is 0 Å². The maximum Gasteiger partial charge on any atom is 0.00355 e. The molecule has 1 heterocycles. The molecule has 1 heteroatoms. The summed E-state index contributed by atoms with van der Waals surface area (Å²) in [5, 5.41) is 0. The topological polar surface area (TPSA) is 3.24 Å². The van der Waals surface area contributed by atoms with E-state index in [2.05, 4.69) is 18.9 Å². The first kappa shape index (κ1) is 11.0. The van der Waals surface area contributed by atoms with Crippen LogP contribution < -0.4 is 0 Å². The molecule has 2 rings (SSSR count). The van der Waals surface area contributed by atoms with Gasteiger partial charge in [0, 0.05) is 6.54 Å². The van der Waals surface area contributed by atoms with Crippen molar-refractivity contribution in [1.82, 2.24) is 4.90 Å². The van der Waals surface area contributed by atoms with Crippen molar-refractivity contribution in [3.63, 3.8) is 0 Å². The molecule has 2 unspecified atom stereocenters. The van der Waals surface area contributed by atoms with Crippen molar-refractivity contribution in [1.29, 1.82) is 0 Å². The van der Waals surface area contributed by atoms with Crippen molar-refractivity contribution in [3.8, 4) is 0 Å². The predicted octanol–water partition coefficient (Wildman–Crippen LogP) is 3.15. The Morgan fingerprint density at radius 3 is 2.31 bits per heavy atom. The Balaban J connectivity index is 0.000000396. The van der Waals surface area contributed by atoms with Gasteiger partial charge in [-0.3, -0.25) is 0 Å². The third-order valence-corrected chi connectivity index (χ3v) is 3.58. The van der Waals surface area contributed by atoms with Crippen LogP contribution in [0.15, 0.2) is 0 Å². The number of hydrogen-bond acceptors (Lipinski definition) is 1. The fourth-order valence-electron chi connectivity index (χ4n) is 3.03. The second-order valence-corrected chi connectivity index (χ2v) is 4.84. The lowest BCUT2D eigenvalue weighted by atomic mass is 9.85. The smallest absolute Gasteiger partial charge is 0.00355 e. The summed E-state index contributed by atoms with van der Waals surface area (Å²) in [7, 11) is 2.26. The summed E-state index contributed by atoms with van der Waals surface area (Å²) in [6, 6.07) is 0. The predicted molar refractivity (Wildman–Crippen MR) is 58.9 cm³/mol. The van der Waals surface area contributed by atoms with Crippen LogP contribution in [0.1, 0.15) is 46.5 Å². The van der Waals surface area contributed by atoms with E-state index in [0.717, 1.165) is 11.3 Å². The summed E-state index contributed by atoms with van der Waals surface area (Å²) in [5.41, 5.74) is 0.758. The van der Waals surface area contributed by atoms with Crippen molar-refractivity contribution >= 4 is 0 Å². The van der Waals surface area contributed by atoms with Crippen LogP contribution in [0.3, 0.4) is 0 Å². The van der Waals surface area contributed by atoms with Gasteiger partial charge in [-0.05, 0) is 44.2 Å². The van der Waals surface area contributed by atoms with Gasteiger partial charge >= 0.3 is 0 Å². The molecule has 1 saturated heterocycles. The summed E-state index contributed by atoms with van der Waals surface area (Å²) >= 11 is 0. The summed E-state index contributed by atoms with van der Waals surface area (Å²) in [6.45, 7) is 9.12. The highest BCUT2D eigenvalue weighted by atomic mass is 15.1. The monoisotopic (exact) mass is 183 g/mol. The van der Waals surface area contributed by atoms with Gasteiger partial charge in [-0.1, -0.05) is 27.2 Å². The quantitative estimate of drug-likeness (QED) is 0.557. The molecular weight excluding hydrogens is 158 g/mol. The summed E-state index contributed by atoms with van der Waals surface area (Å²) in [5.74, 6) is 1.00. The van der Waals surface area contributed by atoms with Gasteiger partial charge in [-0.25, -0.2) is 0 Å². The van der Waals surface area contributed by atoms with Crippen LogP contribution in [0.4, 0.5) is 0 Å². The van der Waals surface area contributed by atoms with Gasteiger partial charge in [0.15, 0.2) is 0 Å². The lowest BCUT2D eigenvalue weighted by Crippen LogP contribution is -2.21. The first-order valence-electron chi connectivity index (χ1n) is 5.89. The molecule has 0 radical (unpaired) electrons. The highest BCUT2D eigenvalue weighted by Gasteiger charge is 2.41. The van der Waals surface area contributed by atoms with E-state index >= 15 is 0 Å². The molecule has 0 aromatic heterocycles. The van der Waals surface area contributed by atoms with Crippen molar-refractivity contribution in [2.24, 2.45) is 11.3 Å². The van der Waals surface area contributed by atoms with E-state index in [0.29, 0.717) is 0 Å². The fraction of sp³-hybridized carbons (Fsp3) is 1.00. The number of likely N-dealkylation sites (tertiary alicyclic amines) is 1.